The van der Waals surface area contributed by atoms with E-state index in [0.717, 1.165) is 28.9 Å². The lowest BCUT2D eigenvalue weighted by Gasteiger charge is -2.16. The zero-order valence-electron chi connectivity index (χ0n) is 17.3. The van der Waals surface area contributed by atoms with Crippen molar-refractivity contribution in [1.82, 2.24) is 19.7 Å². The van der Waals surface area contributed by atoms with Gasteiger partial charge in [-0.1, -0.05) is 35.9 Å². The molecule has 31 heavy (non-hydrogen) atoms. The van der Waals surface area contributed by atoms with Crippen LogP contribution in [0.5, 0.6) is 0 Å². The second-order valence-corrected chi connectivity index (χ2v) is 7.73. The molecule has 4 aromatic rings. The topological polar surface area (TPSA) is 84.7 Å². The van der Waals surface area contributed by atoms with Crippen molar-refractivity contribution < 1.29 is 4.79 Å². The van der Waals surface area contributed by atoms with Crippen LogP contribution in [0.1, 0.15) is 31.0 Å². The van der Waals surface area contributed by atoms with E-state index in [9.17, 15) is 4.79 Å². The highest BCUT2D eigenvalue weighted by atomic mass is 35.5. The molecule has 2 heterocycles. The highest BCUT2D eigenvalue weighted by Gasteiger charge is 2.11. The first-order valence-electron chi connectivity index (χ1n) is 10.1. The van der Waals surface area contributed by atoms with Crippen LogP contribution in [0.2, 0.25) is 5.02 Å². The van der Waals surface area contributed by atoms with Crippen molar-refractivity contribution in [2.45, 2.75) is 32.9 Å². The minimum Gasteiger partial charge on any atom is -0.362 e. The summed E-state index contributed by atoms with van der Waals surface area (Å²) in [6, 6.07) is 15.0. The number of amides is 1. The van der Waals surface area contributed by atoms with Gasteiger partial charge in [-0.15, -0.1) is 0 Å². The van der Waals surface area contributed by atoms with E-state index in [1.807, 2.05) is 61.1 Å². The molecule has 2 aromatic heterocycles. The van der Waals surface area contributed by atoms with Crippen LogP contribution in [0.4, 0.5) is 11.5 Å². The van der Waals surface area contributed by atoms with E-state index >= 15 is 0 Å². The zero-order chi connectivity index (χ0) is 21.8. The molecular weight excluding hydrogens is 412 g/mol. The average molecular weight is 435 g/mol. The van der Waals surface area contributed by atoms with E-state index in [2.05, 4.69) is 25.7 Å². The number of anilines is 2. The Morgan fingerprint density at radius 2 is 2.03 bits per heavy atom. The Morgan fingerprint density at radius 1 is 1.19 bits per heavy atom. The van der Waals surface area contributed by atoms with Gasteiger partial charge in [-0.3, -0.25) is 9.48 Å². The van der Waals surface area contributed by atoms with E-state index in [4.69, 9.17) is 11.6 Å². The van der Waals surface area contributed by atoms with Gasteiger partial charge in [0, 0.05) is 17.3 Å². The predicted octanol–water partition coefficient (Wildman–Crippen LogP) is 4.85. The Balaban J connectivity index is 1.42. The molecule has 0 aliphatic heterocycles. The molecule has 158 valence electrons. The SMILES string of the molecule is CCn1cc2ncc(N[C@@H](C)c3cccc(NC(=O)Cc4cccc(Cl)c4)c3)nc2n1. The minimum absolute atomic E-state index is 0.0372. The van der Waals surface area contributed by atoms with Crippen LogP contribution in [0.15, 0.2) is 60.9 Å². The Morgan fingerprint density at radius 3 is 2.84 bits per heavy atom. The van der Waals surface area contributed by atoms with E-state index in [0.29, 0.717) is 16.5 Å². The van der Waals surface area contributed by atoms with Gasteiger partial charge in [0.2, 0.25) is 11.6 Å². The Labute approximate surface area is 185 Å². The third-order valence-electron chi connectivity index (χ3n) is 4.89. The molecule has 0 aliphatic carbocycles. The van der Waals surface area contributed by atoms with Crippen molar-refractivity contribution in [2.24, 2.45) is 0 Å². The molecule has 4 rings (SSSR count). The third kappa shape index (κ3) is 5.19. The molecule has 2 aromatic carbocycles. The molecule has 0 spiro atoms. The first-order chi connectivity index (χ1) is 15.0. The van der Waals surface area contributed by atoms with Crippen molar-refractivity contribution in [3.8, 4) is 0 Å². The summed E-state index contributed by atoms with van der Waals surface area (Å²) in [7, 11) is 0. The molecule has 8 heteroatoms. The number of nitrogens with one attached hydrogen (secondary N) is 2. The number of carbonyl (C=O) groups is 1. The lowest BCUT2D eigenvalue weighted by Crippen LogP contribution is -2.15. The van der Waals surface area contributed by atoms with Gasteiger partial charge < -0.3 is 10.6 Å². The van der Waals surface area contributed by atoms with Crippen molar-refractivity contribution in [1.29, 1.82) is 0 Å². The minimum atomic E-state index is -0.0946. The molecule has 0 saturated carbocycles. The number of hydrogen-bond donors (Lipinski definition) is 2. The Hall–Kier alpha value is -3.45. The summed E-state index contributed by atoms with van der Waals surface area (Å²) in [4.78, 5) is 21.4. The Bertz CT molecular complexity index is 1220. The number of benzene rings is 2. The van der Waals surface area contributed by atoms with E-state index in [1.54, 1.807) is 18.3 Å². The number of hydrogen-bond acceptors (Lipinski definition) is 5. The Kier molecular flexibility index (Phi) is 6.13. The fraction of sp³-hybridized carbons (Fsp3) is 0.217. The maximum atomic E-state index is 12.4. The van der Waals surface area contributed by atoms with Gasteiger partial charge in [0.25, 0.3) is 0 Å². The normalized spacial score (nSPS) is 12.0. The predicted molar refractivity (Wildman–Crippen MR) is 123 cm³/mol. The standard InChI is InChI=1S/C23H23ClN6O/c1-3-30-14-20-23(29-30)28-21(13-25-20)26-15(2)17-7-5-9-19(12-17)27-22(31)11-16-6-4-8-18(24)10-16/h4-10,12-15H,3,11H2,1-2H3,(H,27,31)(H,26,28,29)/t15-/m0/s1. The van der Waals surface area contributed by atoms with Crippen LogP contribution in [0.25, 0.3) is 11.2 Å². The van der Waals surface area contributed by atoms with Crippen LogP contribution in [-0.2, 0) is 17.8 Å². The summed E-state index contributed by atoms with van der Waals surface area (Å²) < 4.78 is 1.81. The highest BCUT2D eigenvalue weighted by molar-refractivity contribution is 6.30. The quantitative estimate of drug-likeness (QED) is 0.434. The summed E-state index contributed by atoms with van der Waals surface area (Å²) in [6.45, 7) is 4.82. The fourth-order valence-corrected chi connectivity index (χ4v) is 3.52. The highest BCUT2D eigenvalue weighted by Crippen LogP contribution is 2.22. The summed E-state index contributed by atoms with van der Waals surface area (Å²) in [5.74, 6) is 0.555. The number of fused-ring (bicyclic) bond motifs is 1. The van der Waals surface area contributed by atoms with Crippen LogP contribution in [0, 0.1) is 0 Å². The maximum Gasteiger partial charge on any atom is 0.228 e. The van der Waals surface area contributed by atoms with Crippen LogP contribution in [-0.4, -0.2) is 25.7 Å². The van der Waals surface area contributed by atoms with Gasteiger partial charge in [-0.2, -0.15) is 5.10 Å². The van der Waals surface area contributed by atoms with Gasteiger partial charge in [0.15, 0.2) is 0 Å². The van der Waals surface area contributed by atoms with E-state index < -0.39 is 0 Å². The molecule has 1 amide bonds. The van der Waals surface area contributed by atoms with Gasteiger partial charge in [0.05, 0.1) is 24.9 Å². The van der Waals surface area contributed by atoms with Gasteiger partial charge in [-0.25, -0.2) is 9.97 Å². The number of carbonyl (C=O) groups excluding carboxylic acids is 1. The second kappa shape index (κ2) is 9.14. The summed E-state index contributed by atoms with van der Waals surface area (Å²) in [6.07, 6.45) is 3.85. The molecule has 0 bridgehead atoms. The average Bonchev–Trinajstić information content (AvgIpc) is 3.16. The summed E-state index contributed by atoms with van der Waals surface area (Å²) in [5.41, 5.74) is 4.00. The number of halogens is 1. The number of rotatable bonds is 7. The van der Waals surface area contributed by atoms with Crippen LogP contribution in [0.3, 0.4) is 0 Å². The third-order valence-corrected chi connectivity index (χ3v) is 5.12. The summed E-state index contributed by atoms with van der Waals surface area (Å²) in [5, 5.41) is 11.3. The number of nitrogens with zero attached hydrogens (tertiary/aromatic N) is 4. The van der Waals surface area contributed by atoms with Gasteiger partial charge in [-0.05, 0) is 49.2 Å². The monoisotopic (exact) mass is 434 g/mol. The van der Waals surface area contributed by atoms with Gasteiger partial charge >= 0.3 is 0 Å². The smallest absolute Gasteiger partial charge is 0.228 e. The molecule has 1 atom stereocenters. The van der Waals surface area contributed by atoms with Crippen molar-refractivity contribution in [2.75, 3.05) is 10.6 Å². The number of aryl methyl sites for hydroxylation is 1. The molecule has 0 unspecified atom stereocenters. The zero-order valence-corrected chi connectivity index (χ0v) is 18.1. The summed E-state index contributed by atoms with van der Waals surface area (Å²) >= 11 is 6.00. The van der Waals surface area contributed by atoms with Crippen molar-refractivity contribution >= 4 is 40.2 Å². The second-order valence-electron chi connectivity index (χ2n) is 7.30. The van der Waals surface area contributed by atoms with Crippen LogP contribution >= 0.6 is 11.6 Å². The van der Waals surface area contributed by atoms with E-state index in [-0.39, 0.29) is 18.4 Å². The van der Waals surface area contributed by atoms with Gasteiger partial charge in [0.1, 0.15) is 11.3 Å². The number of aromatic nitrogens is 4. The first kappa shape index (κ1) is 20.8. The van der Waals surface area contributed by atoms with Crippen molar-refractivity contribution in [3.05, 3.63) is 77.1 Å². The van der Waals surface area contributed by atoms with Crippen LogP contribution < -0.4 is 10.6 Å². The molecule has 0 fully saturated rings. The molecular formula is C23H23ClN6O. The lowest BCUT2D eigenvalue weighted by atomic mass is 10.1. The molecule has 0 aliphatic rings. The van der Waals surface area contributed by atoms with E-state index in [1.165, 1.54) is 0 Å². The lowest BCUT2D eigenvalue weighted by molar-refractivity contribution is -0.115. The molecule has 0 saturated heterocycles. The fourth-order valence-electron chi connectivity index (χ4n) is 3.30. The molecule has 7 nitrogen and oxygen atoms in total. The molecule has 0 radical (unpaired) electrons. The molecule has 2 N–H and O–H groups in total. The largest absolute Gasteiger partial charge is 0.362 e. The van der Waals surface area contributed by atoms with Crippen molar-refractivity contribution in [3.63, 3.8) is 0 Å². The maximum absolute atomic E-state index is 12.4. The first-order valence-corrected chi connectivity index (χ1v) is 10.5.